The summed E-state index contributed by atoms with van der Waals surface area (Å²) in [7, 11) is 2.05. The van der Waals surface area contributed by atoms with Gasteiger partial charge in [0.15, 0.2) is 16.6 Å². The van der Waals surface area contributed by atoms with Gasteiger partial charge in [-0.2, -0.15) is 0 Å². The molecule has 94 valence electrons. The first kappa shape index (κ1) is 12.8. The molecule has 1 heterocycles. The summed E-state index contributed by atoms with van der Waals surface area (Å²) in [4.78, 5) is 17.7. The summed E-state index contributed by atoms with van der Waals surface area (Å²) in [5.41, 5.74) is 0. The standard InChI is InChI=1S/C12H17ClN2OS/c1-8-3-5-9(6-4-8)15(2)12-14-11(13)10(7-16)17-12/h7-9H,3-6H2,1-2H3. The van der Waals surface area contributed by atoms with Crippen LogP contribution in [0.25, 0.3) is 0 Å². The van der Waals surface area contributed by atoms with E-state index in [0.29, 0.717) is 16.1 Å². The molecule has 0 saturated heterocycles. The fourth-order valence-electron chi connectivity index (χ4n) is 2.31. The lowest BCUT2D eigenvalue weighted by Gasteiger charge is -2.33. The molecule has 0 spiro atoms. The van der Waals surface area contributed by atoms with Gasteiger partial charge >= 0.3 is 0 Å². The molecular formula is C12H17ClN2OS. The molecule has 0 atom stereocenters. The van der Waals surface area contributed by atoms with Crippen LogP contribution in [-0.4, -0.2) is 24.4 Å². The summed E-state index contributed by atoms with van der Waals surface area (Å²) >= 11 is 7.27. The molecule has 17 heavy (non-hydrogen) atoms. The molecule has 0 unspecified atom stereocenters. The van der Waals surface area contributed by atoms with Crippen LogP contribution in [-0.2, 0) is 0 Å². The van der Waals surface area contributed by atoms with Crippen molar-refractivity contribution in [2.75, 3.05) is 11.9 Å². The Labute approximate surface area is 111 Å². The van der Waals surface area contributed by atoms with Gasteiger partial charge in [0.2, 0.25) is 0 Å². The molecule has 0 aromatic carbocycles. The molecule has 0 aliphatic heterocycles. The third kappa shape index (κ3) is 2.80. The number of halogens is 1. The summed E-state index contributed by atoms with van der Waals surface area (Å²) in [6.45, 7) is 2.31. The van der Waals surface area contributed by atoms with Crippen molar-refractivity contribution in [1.29, 1.82) is 0 Å². The van der Waals surface area contributed by atoms with Crippen LogP contribution in [0.5, 0.6) is 0 Å². The second-order valence-electron chi connectivity index (χ2n) is 4.79. The van der Waals surface area contributed by atoms with Crippen LogP contribution in [0.4, 0.5) is 5.13 Å². The summed E-state index contributed by atoms with van der Waals surface area (Å²) in [6, 6.07) is 0.535. The van der Waals surface area contributed by atoms with Crippen molar-refractivity contribution in [3.8, 4) is 0 Å². The maximum atomic E-state index is 10.7. The fraction of sp³-hybridized carbons (Fsp3) is 0.667. The maximum Gasteiger partial charge on any atom is 0.187 e. The lowest BCUT2D eigenvalue weighted by atomic mass is 9.87. The molecule has 1 aliphatic rings. The normalized spacial score (nSPS) is 24.6. The van der Waals surface area contributed by atoms with Crippen molar-refractivity contribution >= 4 is 34.4 Å². The van der Waals surface area contributed by atoms with E-state index in [1.165, 1.54) is 37.0 Å². The number of carbonyl (C=O) groups excluding carboxylic acids is 1. The largest absolute Gasteiger partial charge is 0.348 e. The third-order valence-corrected chi connectivity index (χ3v) is 5.01. The number of nitrogens with zero attached hydrogens (tertiary/aromatic N) is 2. The molecule has 1 aromatic heterocycles. The number of aromatic nitrogens is 1. The number of hydrogen-bond acceptors (Lipinski definition) is 4. The predicted molar refractivity (Wildman–Crippen MR) is 72.3 cm³/mol. The van der Waals surface area contributed by atoms with Gasteiger partial charge in [-0.1, -0.05) is 29.9 Å². The van der Waals surface area contributed by atoms with Crippen LogP contribution >= 0.6 is 22.9 Å². The highest BCUT2D eigenvalue weighted by molar-refractivity contribution is 7.17. The first-order valence-electron chi connectivity index (χ1n) is 5.96. The first-order chi connectivity index (χ1) is 8.11. The third-order valence-electron chi connectivity index (χ3n) is 3.54. The molecule has 0 N–H and O–H groups in total. The zero-order chi connectivity index (χ0) is 12.4. The van der Waals surface area contributed by atoms with E-state index in [1.807, 2.05) is 7.05 Å². The van der Waals surface area contributed by atoms with E-state index in [9.17, 15) is 4.79 Å². The van der Waals surface area contributed by atoms with Crippen LogP contribution < -0.4 is 4.90 Å². The second kappa shape index (κ2) is 5.36. The van der Waals surface area contributed by atoms with E-state index in [0.717, 1.165) is 17.3 Å². The molecule has 0 radical (unpaired) electrons. The SMILES string of the molecule is CC1CCC(N(C)c2nc(Cl)c(C=O)s2)CC1. The van der Waals surface area contributed by atoms with Crippen LogP contribution in [0.2, 0.25) is 5.15 Å². The summed E-state index contributed by atoms with van der Waals surface area (Å²) in [6.07, 6.45) is 5.72. The van der Waals surface area contributed by atoms with Crippen LogP contribution in [0.3, 0.4) is 0 Å². The number of anilines is 1. The van der Waals surface area contributed by atoms with Gasteiger partial charge in [0.25, 0.3) is 0 Å². The number of hydrogen-bond donors (Lipinski definition) is 0. The van der Waals surface area contributed by atoms with Gasteiger partial charge in [0.1, 0.15) is 4.88 Å². The Bertz CT molecular complexity index is 399. The Morgan fingerprint density at radius 3 is 2.59 bits per heavy atom. The van der Waals surface area contributed by atoms with E-state index in [1.54, 1.807) is 0 Å². The minimum atomic E-state index is 0.330. The van der Waals surface area contributed by atoms with Crippen LogP contribution in [0, 0.1) is 5.92 Å². The molecule has 3 nitrogen and oxygen atoms in total. The van der Waals surface area contributed by atoms with Gasteiger partial charge in [-0.25, -0.2) is 4.98 Å². The quantitative estimate of drug-likeness (QED) is 0.788. The van der Waals surface area contributed by atoms with E-state index in [2.05, 4.69) is 16.8 Å². The molecule has 0 amide bonds. The van der Waals surface area contributed by atoms with Gasteiger partial charge in [-0.3, -0.25) is 4.79 Å². The van der Waals surface area contributed by atoms with Crippen molar-refractivity contribution in [1.82, 2.24) is 4.98 Å². The zero-order valence-electron chi connectivity index (χ0n) is 10.1. The Morgan fingerprint density at radius 1 is 1.41 bits per heavy atom. The average molecular weight is 273 g/mol. The molecule has 1 aromatic rings. The highest BCUT2D eigenvalue weighted by Crippen LogP contribution is 2.33. The van der Waals surface area contributed by atoms with Gasteiger partial charge in [0, 0.05) is 13.1 Å². The minimum absolute atomic E-state index is 0.330. The summed E-state index contributed by atoms with van der Waals surface area (Å²) in [5.74, 6) is 0.838. The molecule has 1 saturated carbocycles. The average Bonchev–Trinajstić information content (AvgIpc) is 2.70. The topological polar surface area (TPSA) is 33.2 Å². The number of carbonyl (C=O) groups is 1. The first-order valence-corrected chi connectivity index (χ1v) is 7.15. The van der Waals surface area contributed by atoms with Crippen molar-refractivity contribution in [3.63, 3.8) is 0 Å². The van der Waals surface area contributed by atoms with Gasteiger partial charge in [-0.05, 0) is 31.6 Å². The van der Waals surface area contributed by atoms with Crippen LogP contribution in [0.15, 0.2) is 0 Å². The Balaban J connectivity index is 2.08. The van der Waals surface area contributed by atoms with Gasteiger partial charge < -0.3 is 4.90 Å². The van der Waals surface area contributed by atoms with Crippen molar-refractivity contribution in [3.05, 3.63) is 10.0 Å². The second-order valence-corrected chi connectivity index (χ2v) is 6.16. The number of rotatable bonds is 3. The summed E-state index contributed by atoms with van der Waals surface area (Å²) in [5, 5.41) is 1.19. The van der Waals surface area contributed by atoms with Crippen molar-refractivity contribution in [2.24, 2.45) is 5.92 Å². The van der Waals surface area contributed by atoms with E-state index >= 15 is 0 Å². The molecule has 0 bridgehead atoms. The van der Waals surface area contributed by atoms with Crippen LogP contribution in [0.1, 0.15) is 42.3 Å². The predicted octanol–water partition coefficient (Wildman–Crippen LogP) is 3.62. The minimum Gasteiger partial charge on any atom is -0.348 e. The Kier molecular flexibility index (Phi) is 4.05. The molecule has 5 heteroatoms. The molecular weight excluding hydrogens is 256 g/mol. The van der Waals surface area contributed by atoms with Crippen molar-refractivity contribution < 1.29 is 4.79 Å². The highest BCUT2D eigenvalue weighted by Gasteiger charge is 2.24. The van der Waals surface area contributed by atoms with Gasteiger partial charge in [0.05, 0.1) is 0 Å². The Morgan fingerprint density at radius 2 is 2.06 bits per heavy atom. The molecule has 2 rings (SSSR count). The highest BCUT2D eigenvalue weighted by atomic mass is 35.5. The van der Waals surface area contributed by atoms with Gasteiger partial charge in [-0.15, -0.1) is 0 Å². The fourth-order valence-corrected chi connectivity index (χ4v) is 3.41. The van der Waals surface area contributed by atoms with E-state index in [4.69, 9.17) is 11.6 Å². The lowest BCUT2D eigenvalue weighted by molar-refractivity contribution is 0.112. The van der Waals surface area contributed by atoms with E-state index < -0.39 is 0 Å². The number of thiazole rings is 1. The van der Waals surface area contributed by atoms with E-state index in [-0.39, 0.29) is 0 Å². The molecule has 1 fully saturated rings. The summed E-state index contributed by atoms with van der Waals surface area (Å²) < 4.78 is 0. The lowest BCUT2D eigenvalue weighted by Crippen LogP contribution is -2.34. The maximum absolute atomic E-state index is 10.7. The number of aldehydes is 1. The zero-order valence-corrected chi connectivity index (χ0v) is 11.7. The van der Waals surface area contributed by atoms with Crippen molar-refractivity contribution in [2.45, 2.75) is 38.6 Å². The monoisotopic (exact) mass is 272 g/mol. The molecule has 1 aliphatic carbocycles. The Hall–Kier alpha value is -0.610. The smallest absolute Gasteiger partial charge is 0.187 e.